The molecule has 28 heavy (non-hydrogen) atoms. The van der Waals surface area contributed by atoms with Gasteiger partial charge >= 0.3 is 6.18 Å². The average Bonchev–Trinajstić information content (AvgIpc) is 2.66. The molecule has 2 rings (SSSR count). The second-order valence-electron chi connectivity index (χ2n) is 6.27. The Morgan fingerprint density at radius 2 is 1.86 bits per heavy atom. The van der Waals surface area contributed by atoms with Crippen molar-refractivity contribution in [2.24, 2.45) is 0 Å². The highest BCUT2D eigenvalue weighted by Crippen LogP contribution is 2.21. The third-order valence-electron chi connectivity index (χ3n) is 3.98. The highest BCUT2D eigenvalue weighted by atomic mass is 19.4. The molecule has 1 aromatic heterocycles. The van der Waals surface area contributed by atoms with Crippen LogP contribution in [0.1, 0.15) is 47.9 Å². The summed E-state index contributed by atoms with van der Waals surface area (Å²) in [6.45, 7) is 2.16. The Bertz CT molecular complexity index is 820. The van der Waals surface area contributed by atoms with Gasteiger partial charge in [-0.15, -0.1) is 0 Å². The summed E-state index contributed by atoms with van der Waals surface area (Å²) in [5, 5.41) is 2.81. The molecule has 8 heteroatoms. The summed E-state index contributed by atoms with van der Waals surface area (Å²) in [5.74, 6) is -0.206. The Morgan fingerprint density at radius 3 is 2.46 bits per heavy atom. The average molecular weight is 394 g/mol. The van der Waals surface area contributed by atoms with Crippen LogP contribution in [0.3, 0.4) is 0 Å². The quantitative estimate of drug-likeness (QED) is 0.734. The van der Waals surface area contributed by atoms with E-state index in [1.807, 2.05) is 0 Å². The third kappa shape index (κ3) is 6.68. The maximum absolute atomic E-state index is 12.4. The maximum atomic E-state index is 12.4. The van der Waals surface area contributed by atoms with Gasteiger partial charge in [-0.2, -0.15) is 13.2 Å². The fourth-order valence-corrected chi connectivity index (χ4v) is 2.42. The number of ketones is 1. The molecule has 0 aliphatic heterocycles. The summed E-state index contributed by atoms with van der Waals surface area (Å²) in [6, 6.07) is 8.77. The number of halogens is 3. The minimum absolute atomic E-state index is 0.0336. The zero-order valence-electron chi connectivity index (χ0n) is 15.5. The zero-order valence-corrected chi connectivity index (χ0v) is 15.5. The lowest BCUT2D eigenvalue weighted by Crippen LogP contribution is -2.26. The van der Waals surface area contributed by atoms with E-state index in [0.717, 1.165) is 0 Å². The third-order valence-corrected chi connectivity index (χ3v) is 3.98. The number of carbonyl (C=O) groups excluding carboxylic acids is 2. The lowest BCUT2D eigenvalue weighted by molar-refractivity contribution is -0.153. The number of hydrogen-bond acceptors (Lipinski definition) is 4. The van der Waals surface area contributed by atoms with Gasteiger partial charge in [-0.05, 0) is 36.8 Å². The molecular formula is C20H21F3N2O3. The molecule has 0 radical (unpaired) electrons. The lowest BCUT2D eigenvalue weighted by Gasteiger charge is -2.15. The van der Waals surface area contributed by atoms with E-state index in [0.29, 0.717) is 23.2 Å². The zero-order chi connectivity index (χ0) is 20.7. The molecule has 1 aromatic carbocycles. The second kappa shape index (κ2) is 9.34. The van der Waals surface area contributed by atoms with Crippen molar-refractivity contribution in [3.63, 3.8) is 0 Å². The highest BCUT2D eigenvalue weighted by Gasteiger charge is 2.28. The molecule has 150 valence electrons. The van der Waals surface area contributed by atoms with E-state index in [4.69, 9.17) is 0 Å². The second-order valence-corrected chi connectivity index (χ2v) is 6.27. The van der Waals surface area contributed by atoms with Crippen molar-refractivity contribution >= 4 is 11.7 Å². The topological polar surface area (TPSA) is 68.3 Å². The van der Waals surface area contributed by atoms with Crippen molar-refractivity contribution in [3.8, 4) is 5.75 Å². The summed E-state index contributed by atoms with van der Waals surface area (Å²) < 4.78 is 41.2. The molecule has 1 unspecified atom stereocenters. The number of nitrogens with zero attached hydrogens (tertiary/aromatic N) is 1. The number of nitrogens with one attached hydrogen (secondary N) is 1. The van der Waals surface area contributed by atoms with E-state index >= 15 is 0 Å². The van der Waals surface area contributed by atoms with Crippen molar-refractivity contribution in [3.05, 3.63) is 59.4 Å². The SMILES string of the molecule is CCC(=O)Cc1cc(C(=O)NC(C)c2ccc(OCC(F)(F)F)cc2)ccn1. The first-order valence-electron chi connectivity index (χ1n) is 8.75. The number of Topliss-reactive ketones (excluding diaryl/α,β-unsaturated/α-hetero) is 1. The summed E-state index contributed by atoms with van der Waals surface area (Å²) in [6.07, 6.45) is -2.35. The first kappa shape index (κ1) is 21.4. The van der Waals surface area contributed by atoms with Gasteiger partial charge in [0.15, 0.2) is 6.61 Å². The monoisotopic (exact) mass is 394 g/mol. The van der Waals surface area contributed by atoms with E-state index in [1.54, 1.807) is 38.1 Å². The number of alkyl halides is 3. The van der Waals surface area contributed by atoms with Gasteiger partial charge in [0.25, 0.3) is 5.91 Å². The molecule has 0 spiro atoms. The Labute approximate surface area is 160 Å². The fourth-order valence-electron chi connectivity index (χ4n) is 2.42. The number of carbonyl (C=O) groups is 2. The minimum atomic E-state index is -4.40. The molecule has 0 bridgehead atoms. The molecular weight excluding hydrogens is 373 g/mol. The lowest BCUT2D eigenvalue weighted by atomic mass is 10.1. The highest BCUT2D eigenvalue weighted by molar-refractivity contribution is 5.94. The molecule has 1 amide bonds. The first-order chi connectivity index (χ1) is 13.2. The van der Waals surface area contributed by atoms with Crippen LogP contribution < -0.4 is 10.1 Å². The van der Waals surface area contributed by atoms with Crippen LogP contribution in [0.4, 0.5) is 13.2 Å². The molecule has 1 N–H and O–H groups in total. The van der Waals surface area contributed by atoms with Gasteiger partial charge in [0.2, 0.25) is 0 Å². The summed E-state index contributed by atoms with van der Waals surface area (Å²) >= 11 is 0. The van der Waals surface area contributed by atoms with Crippen molar-refractivity contribution in [2.45, 2.75) is 38.9 Å². The number of benzene rings is 1. The fraction of sp³-hybridized carbons (Fsp3) is 0.350. The molecule has 0 saturated carbocycles. The van der Waals surface area contributed by atoms with Gasteiger partial charge in [-0.3, -0.25) is 14.6 Å². The van der Waals surface area contributed by atoms with Gasteiger partial charge in [0, 0.05) is 30.3 Å². The molecule has 2 aromatic rings. The standard InChI is InChI=1S/C20H21F3N2O3/c1-3-17(26)11-16-10-15(8-9-24-16)19(27)25-13(2)14-4-6-18(7-5-14)28-12-20(21,22)23/h4-10,13H,3,11-12H2,1-2H3,(H,25,27). The number of pyridine rings is 1. The normalized spacial score (nSPS) is 12.3. The van der Waals surface area contributed by atoms with Crippen LogP contribution in [-0.4, -0.2) is 29.5 Å². The summed E-state index contributed by atoms with van der Waals surface area (Å²) in [4.78, 5) is 28.1. The number of hydrogen-bond donors (Lipinski definition) is 1. The molecule has 0 saturated heterocycles. The van der Waals surface area contributed by atoms with Crippen LogP contribution in [0.25, 0.3) is 0 Å². The van der Waals surface area contributed by atoms with E-state index in [2.05, 4.69) is 15.0 Å². The van der Waals surface area contributed by atoms with E-state index < -0.39 is 12.8 Å². The minimum Gasteiger partial charge on any atom is -0.484 e. The van der Waals surface area contributed by atoms with Crippen LogP contribution in [-0.2, 0) is 11.2 Å². The molecule has 1 heterocycles. The van der Waals surface area contributed by atoms with Gasteiger partial charge in [-0.25, -0.2) is 0 Å². The van der Waals surface area contributed by atoms with Crippen molar-refractivity contribution in [1.82, 2.24) is 10.3 Å². The molecule has 0 aliphatic carbocycles. The number of rotatable bonds is 8. The van der Waals surface area contributed by atoms with Crippen LogP contribution in [0, 0.1) is 0 Å². The smallest absolute Gasteiger partial charge is 0.422 e. The molecule has 0 aliphatic rings. The Balaban J connectivity index is 1.98. The van der Waals surface area contributed by atoms with Crippen LogP contribution in [0.15, 0.2) is 42.6 Å². The number of amides is 1. The largest absolute Gasteiger partial charge is 0.484 e. The molecule has 5 nitrogen and oxygen atoms in total. The van der Waals surface area contributed by atoms with Crippen molar-refractivity contribution in [1.29, 1.82) is 0 Å². The van der Waals surface area contributed by atoms with E-state index in [-0.39, 0.29) is 29.9 Å². The summed E-state index contributed by atoms with van der Waals surface area (Å²) in [7, 11) is 0. The maximum Gasteiger partial charge on any atom is 0.422 e. The van der Waals surface area contributed by atoms with Crippen LogP contribution in [0.2, 0.25) is 0 Å². The Hall–Kier alpha value is -2.90. The van der Waals surface area contributed by atoms with Gasteiger partial charge in [-0.1, -0.05) is 19.1 Å². The Morgan fingerprint density at radius 1 is 1.18 bits per heavy atom. The first-order valence-corrected chi connectivity index (χ1v) is 8.75. The van der Waals surface area contributed by atoms with Crippen LogP contribution >= 0.6 is 0 Å². The predicted molar refractivity (Wildman–Crippen MR) is 97.1 cm³/mol. The van der Waals surface area contributed by atoms with Gasteiger partial charge in [0.05, 0.1) is 6.04 Å². The van der Waals surface area contributed by atoms with Crippen molar-refractivity contribution < 1.29 is 27.5 Å². The van der Waals surface area contributed by atoms with Crippen molar-refractivity contribution in [2.75, 3.05) is 6.61 Å². The Kier molecular flexibility index (Phi) is 7.14. The summed E-state index contributed by atoms with van der Waals surface area (Å²) in [5.41, 5.74) is 1.62. The molecule has 1 atom stereocenters. The van der Waals surface area contributed by atoms with Crippen LogP contribution in [0.5, 0.6) is 5.75 Å². The van der Waals surface area contributed by atoms with Gasteiger partial charge < -0.3 is 10.1 Å². The predicted octanol–water partition coefficient (Wildman–Crippen LogP) is 4.04. The molecule has 0 fully saturated rings. The van der Waals surface area contributed by atoms with E-state index in [9.17, 15) is 22.8 Å². The number of ether oxygens (including phenoxy) is 1. The number of aromatic nitrogens is 1. The van der Waals surface area contributed by atoms with Gasteiger partial charge in [0.1, 0.15) is 11.5 Å². The van der Waals surface area contributed by atoms with E-state index in [1.165, 1.54) is 18.3 Å².